The Morgan fingerprint density at radius 3 is 2.60 bits per heavy atom. The van der Waals surface area contributed by atoms with Crippen LogP contribution in [0.4, 0.5) is 0 Å². The molecular weight excluding hydrogens is 566 g/mol. The molecule has 7 heteroatoms. The van der Waals surface area contributed by atoms with Gasteiger partial charge in [-0.25, -0.2) is 4.98 Å². The molecule has 3 aromatic carbocycles. The summed E-state index contributed by atoms with van der Waals surface area (Å²) in [5.41, 5.74) is 4.45. The Morgan fingerprint density at radius 2 is 1.86 bits per heavy atom. The smallest absolute Gasteiger partial charge is 0.303 e. The molecule has 42 heavy (non-hydrogen) atoms. The van der Waals surface area contributed by atoms with E-state index in [2.05, 4.69) is 30.3 Å². The van der Waals surface area contributed by atoms with Crippen LogP contribution in [0.15, 0.2) is 72.8 Å². The summed E-state index contributed by atoms with van der Waals surface area (Å²) in [5.74, 6) is 0.191. The quantitative estimate of drug-likeness (QED) is 0.150. The first kappa shape index (κ1) is 30.1. The van der Waals surface area contributed by atoms with Crippen molar-refractivity contribution in [2.75, 3.05) is 5.75 Å². The Bertz CT molecular complexity index is 1620. The molecule has 1 atom stereocenters. The molecular formula is C35H36ClNO4S. The van der Waals surface area contributed by atoms with E-state index in [9.17, 15) is 20.1 Å². The van der Waals surface area contributed by atoms with Crippen molar-refractivity contribution >= 4 is 52.4 Å². The van der Waals surface area contributed by atoms with Gasteiger partial charge in [-0.1, -0.05) is 60.1 Å². The third-order valence-electron chi connectivity index (χ3n) is 7.91. The van der Waals surface area contributed by atoms with E-state index in [4.69, 9.17) is 16.6 Å². The number of carboxylic acids is 1. The van der Waals surface area contributed by atoms with E-state index in [1.54, 1.807) is 26.0 Å². The van der Waals surface area contributed by atoms with Crippen molar-refractivity contribution in [2.45, 2.75) is 56.8 Å². The lowest BCUT2D eigenvalue weighted by Gasteiger charge is -2.24. The van der Waals surface area contributed by atoms with Gasteiger partial charge in [-0.05, 0) is 104 Å². The summed E-state index contributed by atoms with van der Waals surface area (Å²) in [6.07, 6.45) is 7.69. The standard InChI is InChI=1S/C35H36ClNO4S/c1-34(2,41)30-20-29(38)14-9-24(30)10-15-32(42-22-35(16-17-35)21-33(39)40)26-5-3-4-23(18-26)6-12-28-13-8-25-7-11-27(36)19-31(25)37-28/h3-9,11-14,18-20,32,38,41H,10,15-17,21-22H2,1-2H3,(H,39,40)/t32-/m1/s1. The van der Waals surface area contributed by atoms with Gasteiger partial charge in [-0.2, -0.15) is 11.8 Å². The van der Waals surface area contributed by atoms with Crippen molar-refractivity contribution in [2.24, 2.45) is 5.41 Å². The van der Waals surface area contributed by atoms with Crippen LogP contribution in [0.1, 0.15) is 72.7 Å². The number of pyridine rings is 1. The van der Waals surface area contributed by atoms with Crippen molar-refractivity contribution < 1.29 is 20.1 Å². The van der Waals surface area contributed by atoms with Crippen LogP contribution < -0.4 is 0 Å². The minimum atomic E-state index is -1.08. The highest BCUT2D eigenvalue weighted by Crippen LogP contribution is 2.53. The van der Waals surface area contributed by atoms with E-state index in [-0.39, 0.29) is 22.8 Å². The molecule has 0 bridgehead atoms. The fourth-order valence-corrected chi connectivity index (χ4v) is 7.11. The molecule has 0 saturated heterocycles. The minimum Gasteiger partial charge on any atom is -0.508 e. The predicted octanol–water partition coefficient (Wildman–Crippen LogP) is 8.65. The first-order valence-corrected chi connectivity index (χ1v) is 15.6. The fourth-order valence-electron chi connectivity index (χ4n) is 5.38. The average Bonchev–Trinajstić information content (AvgIpc) is 3.70. The van der Waals surface area contributed by atoms with E-state index in [1.165, 1.54) is 5.56 Å². The predicted molar refractivity (Wildman–Crippen MR) is 173 cm³/mol. The highest BCUT2D eigenvalue weighted by Gasteiger charge is 2.44. The molecule has 5 nitrogen and oxygen atoms in total. The molecule has 1 fully saturated rings. The lowest BCUT2D eigenvalue weighted by molar-refractivity contribution is -0.138. The molecule has 4 aromatic rings. The molecule has 3 N–H and O–H groups in total. The highest BCUT2D eigenvalue weighted by molar-refractivity contribution is 7.99. The van der Waals surface area contributed by atoms with Crippen molar-refractivity contribution in [3.05, 3.63) is 106 Å². The number of hydrogen-bond donors (Lipinski definition) is 3. The van der Waals surface area contributed by atoms with Gasteiger partial charge >= 0.3 is 5.97 Å². The zero-order valence-electron chi connectivity index (χ0n) is 23.9. The third-order valence-corrected chi connectivity index (χ3v) is 9.83. The first-order chi connectivity index (χ1) is 20.0. The monoisotopic (exact) mass is 601 g/mol. The second-order valence-corrected chi connectivity index (χ2v) is 13.5. The molecule has 1 heterocycles. The molecule has 1 aromatic heterocycles. The van der Waals surface area contributed by atoms with E-state index >= 15 is 0 Å². The summed E-state index contributed by atoms with van der Waals surface area (Å²) in [4.78, 5) is 16.2. The number of rotatable bonds is 12. The second-order valence-electron chi connectivity index (χ2n) is 11.9. The maximum atomic E-state index is 11.5. The molecule has 0 spiro atoms. The summed E-state index contributed by atoms with van der Waals surface area (Å²) < 4.78 is 0. The molecule has 1 saturated carbocycles. The third kappa shape index (κ3) is 7.74. The molecule has 5 rings (SSSR count). The van der Waals surface area contributed by atoms with Gasteiger partial charge in [-0.3, -0.25) is 4.79 Å². The number of nitrogens with zero attached hydrogens (tertiary/aromatic N) is 1. The Labute approximate surface area is 256 Å². The number of aromatic nitrogens is 1. The lowest BCUT2D eigenvalue weighted by Crippen LogP contribution is -2.18. The number of aliphatic hydroxyl groups is 1. The Hall–Kier alpha value is -3.32. The summed E-state index contributed by atoms with van der Waals surface area (Å²) in [6, 6.07) is 23.4. The van der Waals surface area contributed by atoms with Crippen LogP contribution in [0.3, 0.4) is 0 Å². The molecule has 0 amide bonds. The van der Waals surface area contributed by atoms with Gasteiger partial charge < -0.3 is 15.3 Å². The van der Waals surface area contributed by atoms with Crippen molar-refractivity contribution in [3.8, 4) is 5.75 Å². The van der Waals surface area contributed by atoms with Crippen LogP contribution in [0, 0.1) is 5.41 Å². The minimum absolute atomic E-state index is 0.117. The number of phenols is 1. The number of carboxylic acid groups (broad SMARTS) is 1. The van der Waals surface area contributed by atoms with Crippen LogP contribution in [0.25, 0.3) is 23.1 Å². The number of aromatic hydroxyl groups is 1. The normalized spacial score (nSPS) is 15.2. The molecule has 1 aliphatic rings. The number of hydrogen-bond acceptors (Lipinski definition) is 5. The SMILES string of the molecule is CC(C)(O)c1cc(O)ccc1CC[C@@H](SCC1(CC(=O)O)CC1)c1cccc(C=Cc2ccc3ccc(Cl)cc3n2)c1. The summed E-state index contributed by atoms with van der Waals surface area (Å²) >= 11 is 7.99. The fraction of sp³-hybridized carbons (Fsp3) is 0.314. The van der Waals surface area contributed by atoms with E-state index in [0.717, 1.165) is 58.3 Å². The van der Waals surface area contributed by atoms with E-state index < -0.39 is 11.6 Å². The van der Waals surface area contributed by atoms with Gasteiger partial charge in [0.05, 0.1) is 23.2 Å². The summed E-state index contributed by atoms with van der Waals surface area (Å²) in [7, 11) is 0. The second kappa shape index (κ2) is 12.5. The van der Waals surface area contributed by atoms with Crippen LogP contribution in [-0.4, -0.2) is 32.0 Å². The van der Waals surface area contributed by atoms with Gasteiger partial charge in [-0.15, -0.1) is 0 Å². The first-order valence-electron chi connectivity index (χ1n) is 14.2. The van der Waals surface area contributed by atoms with Crippen LogP contribution in [0.5, 0.6) is 5.75 Å². The molecule has 0 aliphatic heterocycles. The molecule has 0 unspecified atom stereocenters. The largest absolute Gasteiger partial charge is 0.508 e. The van der Waals surface area contributed by atoms with E-state index in [1.807, 2.05) is 54.2 Å². The Balaban J connectivity index is 1.38. The summed E-state index contributed by atoms with van der Waals surface area (Å²) in [5, 5.41) is 32.1. The van der Waals surface area contributed by atoms with Crippen LogP contribution in [0.2, 0.25) is 5.02 Å². The zero-order valence-corrected chi connectivity index (χ0v) is 25.5. The molecule has 218 valence electrons. The number of benzene rings is 3. The maximum Gasteiger partial charge on any atom is 0.303 e. The van der Waals surface area contributed by atoms with Crippen LogP contribution in [-0.2, 0) is 16.8 Å². The van der Waals surface area contributed by atoms with Crippen molar-refractivity contribution in [3.63, 3.8) is 0 Å². The van der Waals surface area contributed by atoms with Crippen LogP contribution >= 0.6 is 23.4 Å². The Kier molecular flexibility index (Phi) is 8.97. The number of phenolic OH excluding ortho intramolecular Hbond substituents is 1. The molecule has 0 radical (unpaired) electrons. The molecule has 1 aliphatic carbocycles. The number of carbonyl (C=O) groups is 1. The number of thioether (sulfide) groups is 1. The van der Waals surface area contributed by atoms with Gasteiger partial charge in [0.2, 0.25) is 0 Å². The van der Waals surface area contributed by atoms with Crippen molar-refractivity contribution in [1.29, 1.82) is 0 Å². The van der Waals surface area contributed by atoms with Crippen molar-refractivity contribution in [1.82, 2.24) is 4.98 Å². The number of aryl methyl sites for hydroxylation is 1. The van der Waals surface area contributed by atoms with Gasteiger partial charge in [0.15, 0.2) is 0 Å². The lowest BCUT2D eigenvalue weighted by atomic mass is 9.90. The number of aliphatic carboxylic acids is 1. The summed E-state index contributed by atoms with van der Waals surface area (Å²) in [6.45, 7) is 3.46. The number of fused-ring (bicyclic) bond motifs is 1. The highest BCUT2D eigenvalue weighted by atomic mass is 35.5. The van der Waals surface area contributed by atoms with Gasteiger partial charge in [0.25, 0.3) is 0 Å². The van der Waals surface area contributed by atoms with Gasteiger partial charge in [0.1, 0.15) is 5.75 Å². The Morgan fingerprint density at radius 1 is 1.07 bits per heavy atom. The number of halogens is 1. The topological polar surface area (TPSA) is 90.7 Å². The average molecular weight is 602 g/mol. The van der Waals surface area contributed by atoms with Gasteiger partial charge in [0, 0.05) is 21.4 Å². The van der Waals surface area contributed by atoms with E-state index in [0.29, 0.717) is 11.4 Å². The zero-order chi connectivity index (χ0) is 29.9. The maximum absolute atomic E-state index is 11.5.